The number of ketones is 1. The molecule has 5 rings (SSSR count). The van der Waals surface area contributed by atoms with Gasteiger partial charge in [0.2, 0.25) is 0 Å². The number of aryl methyl sites for hydroxylation is 1. The molecular weight excluding hydrogens is 521 g/mol. The Balaban J connectivity index is 1.06. The first-order valence-electron chi connectivity index (χ1n) is 15.1. The molecule has 0 atom stereocenters. The topological polar surface area (TPSA) is 23.6 Å². The Morgan fingerprint density at radius 3 is 2.17 bits per heavy atom. The predicted molar refractivity (Wildman–Crippen MR) is 158 cm³/mol. The normalized spacial score (nSPS) is 17.3. The third kappa shape index (κ3) is 7.87. The van der Waals surface area contributed by atoms with Crippen molar-refractivity contribution in [2.24, 2.45) is 5.92 Å². The highest BCUT2D eigenvalue weighted by atomic mass is 19.4. The Morgan fingerprint density at radius 1 is 0.805 bits per heavy atom. The maximum absolute atomic E-state index is 13.3. The van der Waals surface area contributed by atoms with Gasteiger partial charge in [0.15, 0.2) is 5.78 Å². The molecule has 2 aliphatic heterocycles. The number of benzene rings is 3. The van der Waals surface area contributed by atoms with Gasteiger partial charge in [-0.05, 0) is 104 Å². The second-order valence-electron chi connectivity index (χ2n) is 11.9. The molecule has 0 aliphatic carbocycles. The highest BCUT2D eigenvalue weighted by Crippen LogP contribution is 2.33. The van der Waals surface area contributed by atoms with Crippen LogP contribution in [0.15, 0.2) is 66.7 Å². The molecule has 0 N–H and O–H groups in total. The molecule has 3 aromatic rings. The summed E-state index contributed by atoms with van der Waals surface area (Å²) in [5.41, 5.74) is 6.03. The Bertz CT molecular complexity index is 1330. The molecule has 0 saturated carbocycles. The van der Waals surface area contributed by atoms with Crippen molar-refractivity contribution in [2.45, 2.75) is 71.1 Å². The van der Waals surface area contributed by atoms with Gasteiger partial charge in [0, 0.05) is 38.2 Å². The first-order valence-corrected chi connectivity index (χ1v) is 15.1. The number of Topliss-reactive ketones (excluding diaryl/α,β-unsaturated/α-hetero) is 1. The summed E-state index contributed by atoms with van der Waals surface area (Å²) in [6.07, 6.45) is 2.02. The molecule has 6 heteroatoms. The zero-order valence-electron chi connectivity index (χ0n) is 24.1. The van der Waals surface area contributed by atoms with Crippen LogP contribution in [0, 0.1) is 12.8 Å². The SMILES string of the molecule is Cc1ccccc1CN1CCc2ccc(C(=O)CCCC3CCN(Cc4ccccc4C(F)(F)F)CC3)cc2CC1. The van der Waals surface area contributed by atoms with Crippen molar-refractivity contribution < 1.29 is 18.0 Å². The van der Waals surface area contributed by atoms with Gasteiger partial charge in [0.1, 0.15) is 0 Å². The molecule has 218 valence electrons. The van der Waals surface area contributed by atoms with E-state index in [1.165, 1.54) is 34.4 Å². The van der Waals surface area contributed by atoms with Crippen LogP contribution in [-0.2, 0) is 32.1 Å². The summed E-state index contributed by atoms with van der Waals surface area (Å²) in [5.74, 6) is 0.748. The van der Waals surface area contributed by atoms with Crippen LogP contribution in [0.25, 0.3) is 0 Å². The van der Waals surface area contributed by atoms with Gasteiger partial charge in [-0.1, -0.05) is 54.6 Å². The van der Waals surface area contributed by atoms with Gasteiger partial charge in [-0.25, -0.2) is 0 Å². The molecule has 0 aromatic heterocycles. The van der Waals surface area contributed by atoms with E-state index in [-0.39, 0.29) is 5.78 Å². The first kappa shape index (κ1) is 29.5. The minimum atomic E-state index is -4.32. The first-order chi connectivity index (χ1) is 19.8. The predicted octanol–water partition coefficient (Wildman–Crippen LogP) is 7.88. The fraction of sp³-hybridized carbons (Fsp3) is 0.457. The fourth-order valence-corrected chi connectivity index (χ4v) is 6.44. The number of halogens is 3. The molecule has 0 radical (unpaired) electrons. The lowest BCUT2D eigenvalue weighted by molar-refractivity contribution is -0.138. The number of hydrogen-bond donors (Lipinski definition) is 0. The second kappa shape index (κ2) is 13.3. The third-order valence-electron chi connectivity index (χ3n) is 9.02. The number of rotatable bonds is 9. The van der Waals surface area contributed by atoms with E-state index >= 15 is 0 Å². The van der Waals surface area contributed by atoms with E-state index in [2.05, 4.69) is 53.1 Å². The molecule has 0 bridgehead atoms. The molecule has 2 aliphatic rings. The van der Waals surface area contributed by atoms with Crippen molar-refractivity contribution in [2.75, 3.05) is 26.2 Å². The molecule has 0 amide bonds. The van der Waals surface area contributed by atoms with Gasteiger partial charge in [-0.2, -0.15) is 13.2 Å². The highest BCUT2D eigenvalue weighted by Gasteiger charge is 2.33. The summed E-state index contributed by atoms with van der Waals surface area (Å²) in [4.78, 5) is 17.7. The van der Waals surface area contributed by atoms with Crippen LogP contribution in [0.3, 0.4) is 0 Å². The van der Waals surface area contributed by atoms with E-state index in [0.717, 1.165) is 76.8 Å². The number of piperidine rings is 1. The number of nitrogens with zero attached hydrogens (tertiary/aromatic N) is 2. The summed E-state index contributed by atoms with van der Waals surface area (Å²) < 4.78 is 40.0. The number of hydrogen-bond acceptors (Lipinski definition) is 3. The maximum Gasteiger partial charge on any atom is 0.416 e. The van der Waals surface area contributed by atoms with E-state index in [1.54, 1.807) is 12.1 Å². The Labute approximate surface area is 242 Å². The highest BCUT2D eigenvalue weighted by molar-refractivity contribution is 5.96. The van der Waals surface area contributed by atoms with Crippen molar-refractivity contribution in [1.29, 1.82) is 0 Å². The number of fused-ring (bicyclic) bond motifs is 1. The smallest absolute Gasteiger partial charge is 0.299 e. The van der Waals surface area contributed by atoms with Crippen LogP contribution in [-0.4, -0.2) is 41.8 Å². The number of carbonyl (C=O) groups excluding carboxylic acids is 1. The maximum atomic E-state index is 13.3. The van der Waals surface area contributed by atoms with Gasteiger partial charge < -0.3 is 0 Å². The molecule has 1 fully saturated rings. The number of alkyl halides is 3. The summed E-state index contributed by atoms with van der Waals surface area (Å²) in [7, 11) is 0. The molecule has 41 heavy (non-hydrogen) atoms. The van der Waals surface area contributed by atoms with Gasteiger partial charge >= 0.3 is 6.18 Å². The zero-order chi connectivity index (χ0) is 28.8. The van der Waals surface area contributed by atoms with Crippen molar-refractivity contribution in [3.8, 4) is 0 Å². The average molecular weight is 563 g/mol. The quantitative estimate of drug-likeness (QED) is 0.248. The summed E-state index contributed by atoms with van der Waals surface area (Å²) in [5, 5.41) is 0. The van der Waals surface area contributed by atoms with E-state index in [1.807, 2.05) is 6.07 Å². The van der Waals surface area contributed by atoms with Gasteiger partial charge in [0.25, 0.3) is 0 Å². The molecule has 3 aromatic carbocycles. The van der Waals surface area contributed by atoms with Crippen LogP contribution in [0.4, 0.5) is 13.2 Å². The van der Waals surface area contributed by atoms with Crippen molar-refractivity contribution in [3.63, 3.8) is 0 Å². The summed E-state index contributed by atoms with van der Waals surface area (Å²) in [6.45, 7) is 7.11. The summed E-state index contributed by atoms with van der Waals surface area (Å²) in [6, 6.07) is 20.8. The largest absolute Gasteiger partial charge is 0.416 e. The Hall–Kier alpha value is -2.96. The lowest BCUT2D eigenvalue weighted by atomic mass is 9.90. The van der Waals surface area contributed by atoms with Crippen molar-refractivity contribution in [1.82, 2.24) is 9.80 Å². The summed E-state index contributed by atoms with van der Waals surface area (Å²) >= 11 is 0. The van der Waals surface area contributed by atoms with Gasteiger partial charge in [-0.3, -0.25) is 14.6 Å². The molecule has 0 unspecified atom stereocenters. The Morgan fingerprint density at radius 2 is 1.44 bits per heavy atom. The van der Waals surface area contributed by atoms with Crippen LogP contribution >= 0.6 is 0 Å². The van der Waals surface area contributed by atoms with E-state index in [4.69, 9.17) is 0 Å². The average Bonchev–Trinajstić information content (AvgIpc) is 3.16. The lowest BCUT2D eigenvalue weighted by Crippen LogP contribution is -2.33. The van der Waals surface area contributed by atoms with E-state index < -0.39 is 11.7 Å². The van der Waals surface area contributed by atoms with Crippen molar-refractivity contribution in [3.05, 3.63) is 106 Å². The van der Waals surface area contributed by atoms with E-state index in [0.29, 0.717) is 24.4 Å². The standard InChI is InChI=1S/C35H41F3N2O/c1-26-7-2-3-9-31(26)24-40-21-17-28-13-14-30(23-29(28)18-22-40)34(41)12-6-8-27-15-19-39(20-16-27)25-32-10-4-5-11-33(32)35(36,37)38/h2-5,7,9-11,13-14,23,27H,6,8,12,15-22,24-25H2,1H3. The van der Waals surface area contributed by atoms with Gasteiger partial charge in [0.05, 0.1) is 5.56 Å². The number of carbonyl (C=O) groups is 1. The number of likely N-dealkylation sites (tertiary alicyclic amines) is 1. The third-order valence-corrected chi connectivity index (χ3v) is 9.02. The Kier molecular flexibility index (Phi) is 9.61. The van der Waals surface area contributed by atoms with Crippen LogP contribution < -0.4 is 0 Å². The monoisotopic (exact) mass is 562 g/mol. The minimum absolute atomic E-state index is 0.218. The second-order valence-corrected chi connectivity index (χ2v) is 11.9. The van der Waals surface area contributed by atoms with Gasteiger partial charge in [-0.15, -0.1) is 0 Å². The molecule has 1 saturated heterocycles. The molecule has 3 nitrogen and oxygen atoms in total. The zero-order valence-corrected chi connectivity index (χ0v) is 24.1. The van der Waals surface area contributed by atoms with E-state index in [9.17, 15) is 18.0 Å². The molecule has 2 heterocycles. The molecule has 0 spiro atoms. The lowest BCUT2D eigenvalue weighted by Gasteiger charge is -2.32. The van der Waals surface area contributed by atoms with Crippen molar-refractivity contribution >= 4 is 5.78 Å². The van der Waals surface area contributed by atoms with Crippen LogP contribution in [0.1, 0.15) is 75.8 Å². The minimum Gasteiger partial charge on any atom is -0.299 e. The van der Waals surface area contributed by atoms with Crippen LogP contribution in [0.5, 0.6) is 0 Å². The van der Waals surface area contributed by atoms with Crippen LogP contribution in [0.2, 0.25) is 0 Å². The fourth-order valence-electron chi connectivity index (χ4n) is 6.44. The molecular formula is C35H41F3N2O.